The first-order valence-corrected chi connectivity index (χ1v) is 11.9. The van der Waals surface area contributed by atoms with E-state index in [1.807, 2.05) is 37.8 Å². The van der Waals surface area contributed by atoms with Crippen LogP contribution >= 0.6 is 11.3 Å². The highest BCUT2D eigenvalue weighted by Gasteiger charge is 2.35. The number of carbonyl (C=O) groups excluding carboxylic acids is 2. The highest BCUT2D eigenvalue weighted by Crippen LogP contribution is 2.39. The summed E-state index contributed by atoms with van der Waals surface area (Å²) in [5.41, 5.74) is 3.60. The molecule has 30 heavy (non-hydrogen) atoms. The van der Waals surface area contributed by atoms with Crippen LogP contribution in [0.3, 0.4) is 0 Å². The first-order valence-electron chi connectivity index (χ1n) is 11.0. The van der Waals surface area contributed by atoms with Gasteiger partial charge in [-0.1, -0.05) is 45.0 Å². The Hall–Kier alpha value is -2.14. The quantitative estimate of drug-likeness (QED) is 0.610. The van der Waals surface area contributed by atoms with E-state index in [9.17, 15) is 9.59 Å². The van der Waals surface area contributed by atoms with E-state index in [-0.39, 0.29) is 36.4 Å². The van der Waals surface area contributed by atoms with Gasteiger partial charge in [-0.3, -0.25) is 9.59 Å². The zero-order valence-corrected chi connectivity index (χ0v) is 19.7. The molecule has 2 atom stereocenters. The van der Waals surface area contributed by atoms with Crippen molar-refractivity contribution in [2.24, 2.45) is 5.92 Å². The minimum absolute atomic E-state index is 0.0394. The van der Waals surface area contributed by atoms with Gasteiger partial charge in [-0.2, -0.15) is 0 Å². The second-order valence-electron chi connectivity index (χ2n) is 8.77. The summed E-state index contributed by atoms with van der Waals surface area (Å²) in [6.45, 7) is 11.2. The number of hydrogen-bond donors (Lipinski definition) is 0. The molecule has 0 fully saturated rings. The topological polar surface area (TPSA) is 40.6 Å². The molecular formula is C25H34N2O2S. The van der Waals surface area contributed by atoms with E-state index in [4.69, 9.17) is 0 Å². The number of rotatable bonds is 7. The fourth-order valence-corrected chi connectivity index (χ4v) is 5.13. The summed E-state index contributed by atoms with van der Waals surface area (Å²) >= 11 is 1.78. The summed E-state index contributed by atoms with van der Waals surface area (Å²) in [5, 5.41) is 2.13. The van der Waals surface area contributed by atoms with E-state index in [2.05, 4.69) is 37.4 Å². The number of carbonyl (C=O) groups is 2. The third kappa shape index (κ3) is 4.77. The Balaban J connectivity index is 1.91. The molecule has 2 heterocycles. The van der Waals surface area contributed by atoms with Gasteiger partial charge < -0.3 is 9.80 Å². The lowest BCUT2D eigenvalue weighted by Gasteiger charge is -2.39. The van der Waals surface area contributed by atoms with E-state index in [1.165, 1.54) is 21.6 Å². The van der Waals surface area contributed by atoms with E-state index >= 15 is 0 Å². The zero-order valence-electron chi connectivity index (χ0n) is 18.9. The SMILES string of the molecule is CC[C@@H](C)N(CC(=O)N1CCc2sccc2[C@H]1c1ccccc1C)C(=O)CC(C)C. The minimum atomic E-state index is -0.0762. The van der Waals surface area contributed by atoms with Crippen LogP contribution in [0.5, 0.6) is 0 Å². The van der Waals surface area contributed by atoms with Crippen molar-refractivity contribution in [2.45, 2.75) is 66.0 Å². The Morgan fingerprint density at radius 2 is 1.90 bits per heavy atom. The second kappa shape index (κ2) is 9.78. The van der Waals surface area contributed by atoms with Crippen LogP contribution in [-0.4, -0.2) is 40.7 Å². The first kappa shape index (κ1) is 22.5. The van der Waals surface area contributed by atoms with Crippen molar-refractivity contribution >= 4 is 23.2 Å². The van der Waals surface area contributed by atoms with Crippen LogP contribution in [0.15, 0.2) is 35.7 Å². The van der Waals surface area contributed by atoms with Crippen molar-refractivity contribution in [3.05, 3.63) is 57.3 Å². The Morgan fingerprint density at radius 3 is 2.57 bits per heavy atom. The molecule has 0 saturated heterocycles. The number of amides is 2. The highest BCUT2D eigenvalue weighted by atomic mass is 32.1. The molecule has 1 aliphatic heterocycles. The van der Waals surface area contributed by atoms with Crippen molar-refractivity contribution in [1.29, 1.82) is 0 Å². The number of hydrogen-bond acceptors (Lipinski definition) is 3. The van der Waals surface area contributed by atoms with Gasteiger partial charge in [-0.05, 0) is 60.7 Å². The van der Waals surface area contributed by atoms with Gasteiger partial charge in [0.15, 0.2) is 0 Å². The van der Waals surface area contributed by atoms with Gasteiger partial charge in [-0.15, -0.1) is 11.3 Å². The summed E-state index contributed by atoms with van der Waals surface area (Å²) in [6, 6.07) is 10.5. The van der Waals surface area contributed by atoms with Crippen LogP contribution in [0.4, 0.5) is 0 Å². The number of benzene rings is 1. The van der Waals surface area contributed by atoms with Crippen LogP contribution in [0.25, 0.3) is 0 Å². The van der Waals surface area contributed by atoms with Gasteiger partial charge in [0.2, 0.25) is 11.8 Å². The van der Waals surface area contributed by atoms with Crippen LogP contribution < -0.4 is 0 Å². The first-order chi connectivity index (χ1) is 14.3. The van der Waals surface area contributed by atoms with Crippen molar-refractivity contribution in [2.75, 3.05) is 13.1 Å². The molecule has 0 aliphatic carbocycles. The Bertz CT molecular complexity index is 889. The zero-order chi connectivity index (χ0) is 21.8. The molecule has 0 unspecified atom stereocenters. The molecule has 4 nitrogen and oxygen atoms in total. The summed E-state index contributed by atoms with van der Waals surface area (Å²) in [7, 11) is 0. The maximum Gasteiger partial charge on any atom is 0.243 e. The molecule has 0 saturated carbocycles. The molecular weight excluding hydrogens is 392 g/mol. The van der Waals surface area contributed by atoms with Crippen molar-refractivity contribution < 1.29 is 9.59 Å². The van der Waals surface area contributed by atoms with E-state index in [0.717, 1.165) is 12.8 Å². The largest absolute Gasteiger partial charge is 0.331 e. The third-order valence-corrected chi connectivity index (χ3v) is 7.10. The van der Waals surface area contributed by atoms with E-state index in [0.29, 0.717) is 13.0 Å². The third-order valence-electron chi connectivity index (χ3n) is 6.10. The van der Waals surface area contributed by atoms with Crippen molar-refractivity contribution in [1.82, 2.24) is 9.80 Å². The molecule has 2 amide bonds. The molecule has 1 aliphatic rings. The maximum absolute atomic E-state index is 13.6. The minimum Gasteiger partial charge on any atom is -0.331 e. The smallest absolute Gasteiger partial charge is 0.243 e. The lowest BCUT2D eigenvalue weighted by Crippen LogP contribution is -2.49. The molecule has 5 heteroatoms. The van der Waals surface area contributed by atoms with E-state index < -0.39 is 0 Å². The average molecular weight is 427 g/mol. The highest BCUT2D eigenvalue weighted by molar-refractivity contribution is 7.10. The second-order valence-corrected chi connectivity index (χ2v) is 9.77. The Labute approximate surface area is 184 Å². The lowest BCUT2D eigenvalue weighted by molar-refractivity contribution is -0.144. The number of thiophene rings is 1. The van der Waals surface area contributed by atoms with Gasteiger partial charge in [0.25, 0.3) is 0 Å². The molecule has 3 rings (SSSR count). The van der Waals surface area contributed by atoms with Crippen LogP contribution in [0.1, 0.15) is 68.1 Å². The average Bonchev–Trinajstić information content (AvgIpc) is 3.19. The van der Waals surface area contributed by atoms with Gasteiger partial charge in [0.1, 0.15) is 6.54 Å². The normalized spacial score (nSPS) is 17.0. The Kier molecular flexibility index (Phi) is 7.35. The van der Waals surface area contributed by atoms with Gasteiger partial charge in [0.05, 0.1) is 6.04 Å². The van der Waals surface area contributed by atoms with Gasteiger partial charge in [-0.25, -0.2) is 0 Å². The van der Waals surface area contributed by atoms with Crippen LogP contribution in [0, 0.1) is 12.8 Å². The summed E-state index contributed by atoms with van der Waals surface area (Å²) in [6.07, 6.45) is 2.20. The molecule has 0 bridgehead atoms. The van der Waals surface area contributed by atoms with Crippen LogP contribution in [0.2, 0.25) is 0 Å². The molecule has 1 aromatic carbocycles. The standard InChI is InChI=1S/C25H34N2O2S/c1-6-19(5)27(23(28)15-17(2)3)16-24(29)26-13-11-22-21(12-14-30-22)25(26)20-10-8-7-9-18(20)4/h7-10,12,14,17,19,25H,6,11,13,15-16H2,1-5H3/t19-,25-/m1/s1. The maximum atomic E-state index is 13.6. The van der Waals surface area contributed by atoms with Crippen molar-refractivity contribution in [3.8, 4) is 0 Å². The molecule has 2 aromatic rings. The van der Waals surface area contributed by atoms with Gasteiger partial charge in [0, 0.05) is 23.9 Å². The number of fused-ring (bicyclic) bond motifs is 1. The molecule has 0 radical (unpaired) electrons. The predicted octanol–water partition coefficient (Wildman–Crippen LogP) is 5.20. The fraction of sp³-hybridized carbons (Fsp3) is 0.520. The fourth-order valence-electron chi connectivity index (χ4n) is 4.23. The predicted molar refractivity (Wildman–Crippen MR) is 124 cm³/mol. The number of nitrogens with zero attached hydrogens (tertiary/aromatic N) is 2. The molecule has 162 valence electrons. The van der Waals surface area contributed by atoms with Gasteiger partial charge >= 0.3 is 0 Å². The summed E-state index contributed by atoms with van der Waals surface area (Å²) < 4.78 is 0. The summed E-state index contributed by atoms with van der Waals surface area (Å²) in [4.78, 5) is 31.6. The number of aryl methyl sites for hydroxylation is 1. The van der Waals surface area contributed by atoms with E-state index in [1.54, 1.807) is 16.2 Å². The Morgan fingerprint density at radius 1 is 1.17 bits per heavy atom. The molecule has 0 spiro atoms. The lowest BCUT2D eigenvalue weighted by atomic mass is 9.90. The summed E-state index contributed by atoms with van der Waals surface area (Å²) in [5.74, 6) is 0.396. The molecule has 0 N–H and O–H groups in total. The monoisotopic (exact) mass is 426 g/mol. The molecule has 1 aromatic heterocycles. The van der Waals surface area contributed by atoms with Crippen LogP contribution in [-0.2, 0) is 16.0 Å². The van der Waals surface area contributed by atoms with Crippen molar-refractivity contribution in [3.63, 3.8) is 0 Å².